The van der Waals surface area contributed by atoms with Crippen molar-refractivity contribution in [2.45, 2.75) is 31.8 Å². The van der Waals surface area contributed by atoms with Gasteiger partial charge in [-0.2, -0.15) is 0 Å². The summed E-state index contributed by atoms with van der Waals surface area (Å²) in [6, 6.07) is 11.6. The molecule has 2 unspecified atom stereocenters. The first-order valence-electron chi connectivity index (χ1n) is 7.43. The summed E-state index contributed by atoms with van der Waals surface area (Å²) >= 11 is 0. The molecule has 2 atom stereocenters. The summed E-state index contributed by atoms with van der Waals surface area (Å²) in [7, 11) is 2.21. The lowest BCUT2D eigenvalue weighted by molar-refractivity contribution is 0.0834. The van der Waals surface area contributed by atoms with Crippen molar-refractivity contribution in [1.82, 2.24) is 9.80 Å². The Balaban J connectivity index is 2.06. The molecule has 3 heteroatoms. The highest BCUT2D eigenvalue weighted by molar-refractivity contribution is 5.20. The minimum atomic E-state index is 0.305. The number of piperazine rings is 1. The van der Waals surface area contributed by atoms with E-state index in [4.69, 9.17) is 5.73 Å². The van der Waals surface area contributed by atoms with Crippen LogP contribution in [0.1, 0.15) is 31.4 Å². The second-order valence-electron chi connectivity index (χ2n) is 5.73. The third-order valence-electron chi connectivity index (χ3n) is 4.01. The molecule has 2 rings (SSSR count). The first-order valence-corrected chi connectivity index (χ1v) is 7.43. The minimum Gasteiger partial charge on any atom is -0.327 e. The normalized spacial score (nSPS) is 23.4. The van der Waals surface area contributed by atoms with E-state index in [-0.39, 0.29) is 0 Å². The third-order valence-corrected chi connectivity index (χ3v) is 4.01. The predicted octanol–water partition coefficient (Wildman–Crippen LogP) is 2.10. The maximum atomic E-state index is 6.23. The third kappa shape index (κ3) is 4.03. The van der Waals surface area contributed by atoms with Gasteiger partial charge in [0.2, 0.25) is 0 Å². The van der Waals surface area contributed by atoms with Gasteiger partial charge in [-0.1, -0.05) is 43.7 Å². The second-order valence-corrected chi connectivity index (χ2v) is 5.73. The molecule has 0 radical (unpaired) electrons. The van der Waals surface area contributed by atoms with Crippen molar-refractivity contribution < 1.29 is 0 Å². The zero-order chi connectivity index (χ0) is 13.7. The standard InChI is InChI=1S/C16H27N3/c1-3-7-15(17)12-19-11-10-18(2)13-16(19)14-8-5-4-6-9-14/h4-6,8-9,15-16H,3,7,10-13,17H2,1-2H3. The largest absolute Gasteiger partial charge is 0.327 e. The number of benzene rings is 1. The molecule has 1 aliphatic heterocycles. The minimum absolute atomic E-state index is 0.305. The van der Waals surface area contributed by atoms with E-state index in [1.54, 1.807) is 0 Å². The summed E-state index contributed by atoms with van der Waals surface area (Å²) in [5, 5.41) is 0. The van der Waals surface area contributed by atoms with E-state index in [2.05, 4.69) is 54.1 Å². The van der Waals surface area contributed by atoms with E-state index >= 15 is 0 Å². The summed E-state index contributed by atoms with van der Waals surface area (Å²) in [5.41, 5.74) is 7.65. The van der Waals surface area contributed by atoms with E-state index in [0.29, 0.717) is 12.1 Å². The van der Waals surface area contributed by atoms with Crippen LogP contribution in [-0.4, -0.2) is 49.1 Å². The van der Waals surface area contributed by atoms with E-state index in [1.165, 1.54) is 12.0 Å². The molecule has 2 N–H and O–H groups in total. The average Bonchev–Trinajstić information content (AvgIpc) is 2.42. The molecule has 1 saturated heterocycles. The van der Waals surface area contributed by atoms with Crippen molar-refractivity contribution in [2.24, 2.45) is 5.73 Å². The summed E-state index contributed by atoms with van der Waals surface area (Å²) < 4.78 is 0. The molecule has 0 spiro atoms. The van der Waals surface area contributed by atoms with Gasteiger partial charge in [-0.15, -0.1) is 0 Å². The van der Waals surface area contributed by atoms with Gasteiger partial charge < -0.3 is 10.6 Å². The zero-order valence-electron chi connectivity index (χ0n) is 12.3. The lowest BCUT2D eigenvalue weighted by Gasteiger charge is -2.41. The first-order chi connectivity index (χ1) is 9.20. The Labute approximate surface area is 117 Å². The van der Waals surface area contributed by atoms with Crippen LogP contribution in [-0.2, 0) is 0 Å². The molecule has 0 aliphatic carbocycles. The van der Waals surface area contributed by atoms with Gasteiger partial charge in [-0.05, 0) is 19.0 Å². The summed E-state index contributed by atoms with van der Waals surface area (Å²) in [5.74, 6) is 0. The van der Waals surface area contributed by atoms with Gasteiger partial charge in [0.15, 0.2) is 0 Å². The quantitative estimate of drug-likeness (QED) is 0.881. The SMILES string of the molecule is CCCC(N)CN1CCN(C)CC1c1ccccc1. The highest BCUT2D eigenvalue weighted by Gasteiger charge is 2.27. The lowest BCUT2D eigenvalue weighted by atomic mass is 10.0. The van der Waals surface area contributed by atoms with Gasteiger partial charge in [0.05, 0.1) is 0 Å². The van der Waals surface area contributed by atoms with E-state index in [0.717, 1.165) is 32.6 Å². The molecule has 1 aromatic rings. The summed E-state index contributed by atoms with van der Waals surface area (Å²) in [6.07, 6.45) is 2.29. The summed E-state index contributed by atoms with van der Waals surface area (Å²) in [4.78, 5) is 4.98. The van der Waals surface area contributed by atoms with E-state index < -0.39 is 0 Å². The van der Waals surface area contributed by atoms with Crippen molar-refractivity contribution >= 4 is 0 Å². The van der Waals surface area contributed by atoms with Crippen molar-refractivity contribution in [3.63, 3.8) is 0 Å². The topological polar surface area (TPSA) is 32.5 Å². The fourth-order valence-electron chi connectivity index (χ4n) is 2.93. The van der Waals surface area contributed by atoms with Gasteiger partial charge in [0.1, 0.15) is 0 Å². The van der Waals surface area contributed by atoms with Crippen LogP contribution in [0.2, 0.25) is 0 Å². The first kappa shape index (κ1) is 14.5. The second kappa shape index (κ2) is 7.04. The van der Waals surface area contributed by atoms with Crippen LogP contribution in [0.15, 0.2) is 30.3 Å². The van der Waals surface area contributed by atoms with Crippen LogP contribution in [0.3, 0.4) is 0 Å². The predicted molar refractivity (Wildman–Crippen MR) is 81.1 cm³/mol. The molecule has 0 saturated carbocycles. The van der Waals surface area contributed by atoms with E-state index in [1.807, 2.05) is 0 Å². The highest BCUT2D eigenvalue weighted by Crippen LogP contribution is 2.24. The number of rotatable bonds is 5. The maximum absolute atomic E-state index is 6.23. The number of likely N-dealkylation sites (N-methyl/N-ethyl adjacent to an activating group) is 1. The number of nitrogens with two attached hydrogens (primary N) is 1. The average molecular weight is 261 g/mol. The van der Waals surface area contributed by atoms with Crippen LogP contribution in [0.25, 0.3) is 0 Å². The fourth-order valence-corrected chi connectivity index (χ4v) is 2.93. The van der Waals surface area contributed by atoms with Crippen LogP contribution in [0.5, 0.6) is 0 Å². The molecule has 19 heavy (non-hydrogen) atoms. The molecule has 106 valence electrons. The van der Waals surface area contributed by atoms with Crippen molar-refractivity contribution in [2.75, 3.05) is 33.2 Å². The Morgan fingerprint density at radius 1 is 1.26 bits per heavy atom. The Morgan fingerprint density at radius 2 is 2.00 bits per heavy atom. The maximum Gasteiger partial charge on any atom is 0.0476 e. The summed E-state index contributed by atoms with van der Waals surface area (Å²) in [6.45, 7) is 6.58. The van der Waals surface area contributed by atoms with Gasteiger partial charge >= 0.3 is 0 Å². The van der Waals surface area contributed by atoms with Crippen LogP contribution in [0.4, 0.5) is 0 Å². The van der Waals surface area contributed by atoms with Crippen LogP contribution in [0, 0.1) is 0 Å². The van der Waals surface area contributed by atoms with Crippen molar-refractivity contribution in [3.8, 4) is 0 Å². The Hall–Kier alpha value is -0.900. The van der Waals surface area contributed by atoms with Crippen LogP contribution < -0.4 is 5.73 Å². The van der Waals surface area contributed by atoms with Gasteiger partial charge in [0, 0.05) is 38.3 Å². The lowest BCUT2D eigenvalue weighted by Crippen LogP contribution is -2.50. The Kier molecular flexibility index (Phi) is 5.37. The Bertz CT molecular complexity index is 366. The van der Waals surface area contributed by atoms with Crippen molar-refractivity contribution in [1.29, 1.82) is 0 Å². The van der Waals surface area contributed by atoms with Crippen molar-refractivity contribution in [3.05, 3.63) is 35.9 Å². The highest BCUT2D eigenvalue weighted by atomic mass is 15.3. The number of hydrogen-bond donors (Lipinski definition) is 1. The molecule has 1 fully saturated rings. The van der Waals surface area contributed by atoms with E-state index in [9.17, 15) is 0 Å². The monoisotopic (exact) mass is 261 g/mol. The van der Waals surface area contributed by atoms with Crippen LogP contribution >= 0.6 is 0 Å². The Morgan fingerprint density at radius 3 is 2.68 bits per heavy atom. The molecular formula is C16H27N3. The molecule has 0 bridgehead atoms. The fraction of sp³-hybridized carbons (Fsp3) is 0.625. The molecule has 3 nitrogen and oxygen atoms in total. The molecule has 1 aromatic carbocycles. The molecule has 0 amide bonds. The number of hydrogen-bond acceptors (Lipinski definition) is 3. The molecular weight excluding hydrogens is 234 g/mol. The molecule has 0 aromatic heterocycles. The number of nitrogens with zero attached hydrogens (tertiary/aromatic N) is 2. The molecule has 1 aliphatic rings. The van der Waals surface area contributed by atoms with Gasteiger partial charge in [0.25, 0.3) is 0 Å². The smallest absolute Gasteiger partial charge is 0.0476 e. The zero-order valence-corrected chi connectivity index (χ0v) is 12.3. The molecule has 1 heterocycles. The van der Waals surface area contributed by atoms with Gasteiger partial charge in [-0.25, -0.2) is 0 Å². The van der Waals surface area contributed by atoms with Gasteiger partial charge in [-0.3, -0.25) is 4.90 Å².